The van der Waals surface area contributed by atoms with Gasteiger partial charge in [0.25, 0.3) is 0 Å². The van der Waals surface area contributed by atoms with Gasteiger partial charge in [-0.15, -0.1) is 0 Å². The van der Waals surface area contributed by atoms with E-state index in [1.807, 2.05) is 0 Å². The van der Waals surface area contributed by atoms with Gasteiger partial charge in [-0.2, -0.15) is 0 Å². The molecule has 0 bridgehead atoms. The molecule has 0 saturated carbocycles. The number of rotatable bonds is 1. The first-order valence-electron chi connectivity index (χ1n) is 8.25. The molecular weight excluding hydrogens is 405 g/mol. The Morgan fingerprint density at radius 3 is 2.17 bits per heavy atom. The van der Waals surface area contributed by atoms with Crippen molar-refractivity contribution in [1.29, 1.82) is 0 Å². The SMILES string of the molecule is CC(C)(C)c1ccc2c3cc(-c4ccccc4)ccc3n(I)c2c1. The van der Waals surface area contributed by atoms with E-state index in [-0.39, 0.29) is 5.41 Å². The van der Waals surface area contributed by atoms with Crippen molar-refractivity contribution in [2.45, 2.75) is 26.2 Å². The Balaban J connectivity index is 1.99. The minimum absolute atomic E-state index is 0.163. The highest BCUT2D eigenvalue weighted by atomic mass is 127. The Morgan fingerprint density at radius 1 is 0.708 bits per heavy atom. The normalized spacial score (nSPS) is 12.2. The van der Waals surface area contributed by atoms with Crippen molar-refractivity contribution in [2.75, 3.05) is 0 Å². The summed E-state index contributed by atoms with van der Waals surface area (Å²) in [6, 6.07) is 24.3. The molecule has 0 amide bonds. The molecule has 0 aliphatic carbocycles. The maximum Gasteiger partial charge on any atom is 0.0646 e. The number of fused-ring (bicyclic) bond motifs is 3. The Kier molecular flexibility index (Phi) is 3.68. The summed E-state index contributed by atoms with van der Waals surface area (Å²) in [5.74, 6) is 0. The van der Waals surface area contributed by atoms with Crippen molar-refractivity contribution in [1.82, 2.24) is 2.78 Å². The molecule has 2 heteroatoms. The third-order valence-electron chi connectivity index (χ3n) is 4.68. The molecular formula is C22H20IN. The van der Waals surface area contributed by atoms with Crippen LogP contribution in [0.3, 0.4) is 0 Å². The van der Waals surface area contributed by atoms with Gasteiger partial charge in [-0.3, -0.25) is 2.78 Å². The van der Waals surface area contributed by atoms with Crippen LogP contribution in [0.1, 0.15) is 26.3 Å². The maximum atomic E-state index is 2.42. The summed E-state index contributed by atoms with van der Waals surface area (Å²) in [7, 11) is 0. The van der Waals surface area contributed by atoms with Crippen LogP contribution >= 0.6 is 22.9 Å². The standard InChI is InChI=1S/C22H20IN/c1-22(2,3)17-10-11-18-19-13-16(15-7-5-4-6-8-15)9-12-20(19)24(23)21(18)14-17/h4-14H,1-3H3. The molecule has 0 unspecified atom stereocenters. The highest BCUT2D eigenvalue weighted by Gasteiger charge is 2.17. The van der Waals surface area contributed by atoms with Crippen molar-refractivity contribution in [3.8, 4) is 11.1 Å². The van der Waals surface area contributed by atoms with Crippen molar-refractivity contribution < 1.29 is 0 Å². The van der Waals surface area contributed by atoms with Crippen LogP contribution in [0.25, 0.3) is 32.9 Å². The molecule has 4 rings (SSSR count). The predicted molar refractivity (Wildman–Crippen MR) is 113 cm³/mol. The van der Waals surface area contributed by atoms with E-state index in [0.29, 0.717) is 0 Å². The predicted octanol–water partition coefficient (Wildman–Crippen LogP) is 6.96. The first-order chi connectivity index (χ1) is 11.4. The Bertz CT molecular complexity index is 1040. The fourth-order valence-corrected chi connectivity index (χ4v) is 4.07. The third-order valence-corrected chi connectivity index (χ3v) is 5.72. The average molecular weight is 425 g/mol. The number of hydrogen-bond acceptors (Lipinski definition) is 0. The first-order valence-corrected chi connectivity index (χ1v) is 9.22. The fraction of sp³-hybridized carbons (Fsp3) is 0.182. The van der Waals surface area contributed by atoms with Crippen LogP contribution in [0, 0.1) is 0 Å². The molecule has 1 aromatic heterocycles. The fourth-order valence-electron chi connectivity index (χ4n) is 3.25. The molecule has 4 aromatic rings. The minimum atomic E-state index is 0.163. The zero-order chi connectivity index (χ0) is 16.9. The van der Waals surface area contributed by atoms with Crippen LogP contribution in [0.4, 0.5) is 0 Å². The highest BCUT2D eigenvalue weighted by molar-refractivity contribution is 14.1. The lowest BCUT2D eigenvalue weighted by molar-refractivity contribution is 0.591. The summed E-state index contributed by atoms with van der Waals surface area (Å²) in [6.07, 6.45) is 0. The van der Waals surface area contributed by atoms with E-state index in [2.05, 4.69) is 113 Å². The lowest BCUT2D eigenvalue weighted by Gasteiger charge is -2.19. The van der Waals surface area contributed by atoms with Gasteiger partial charge in [0.05, 0.1) is 33.9 Å². The summed E-state index contributed by atoms with van der Waals surface area (Å²) in [6.45, 7) is 6.80. The second-order valence-electron chi connectivity index (χ2n) is 7.36. The number of nitrogens with zero attached hydrogens (tertiary/aromatic N) is 1. The van der Waals surface area contributed by atoms with Crippen LogP contribution in [-0.2, 0) is 5.41 Å². The molecule has 0 spiro atoms. The molecule has 0 aliphatic heterocycles. The number of benzene rings is 3. The van der Waals surface area contributed by atoms with Gasteiger partial charge in [0.2, 0.25) is 0 Å². The van der Waals surface area contributed by atoms with Crippen LogP contribution in [-0.4, -0.2) is 2.78 Å². The van der Waals surface area contributed by atoms with Crippen LogP contribution in [0.5, 0.6) is 0 Å². The highest BCUT2D eigenvalue weighted by Crippen LogP contribution is 2.36. The molecule has 0 N–H and O–H groups in total. The smallest absolute Gasteiger partial charge is 0.0646 e. The second-order valence-corrected chi connectivity index (χ2v) is 8.33. The summed E-state index contributed by atoms with van der Waals surface area (Å²) in [4.78, 5) is 0. The number of aromatic nitrogens is 1. The Labute approximate surface area is 156 Å². The molecule has 120 valence electrons. The minimum Gasteiger partial charge on any atom is -0.282 e. The number of halogens is 1. The van der Waals surface area contributed by atoms with E-state index in [9.17, 15) is 0 Å². The molecule has 0 radical (unpaired) electrons. The van der Waals surface area contributed by atoms with Crippen molar-refractivity contribution in [2.24, 2.45) is 0 Å². The van der Waals surface area contributed by atoms with Crippen LogP contribution in [0.2, 0.25) is 0 Å². The average Bonchev–Trinajstić information content (AvgIpc) is 2.87. The van der Waals surface area contributed by atoms with Gasteiger partial charge in [-0.1, -0.05) is 69.3 Å². The van der Waals surface area contributed by atoms with Crippen molar-refractivity contribution in [3.63, 3.8) is 0 Å². The Morgan fingerprint density at radius 2 is 1.46 bits per heavy atom. The molecule has 3 aromatic carbocycles. The van der Waals surface area contributed by atoms with Gasteiger partial charge >= 0.3 is 0 Å². The van der Waals surface area contributed by atoms with E-state index >= 15 is 0 Å². The van der Waals surface area contributed by atoms with Crippen LogP contribution < -0.4 is 0 Å². The quantitative estimate of drug-likeness (QED) is 0.291. The van der Waals surface area contributed by atoms with Gasteiger partial charge in [0.15, 0.2) is 0 Å². The van der Waals surface area contributed by atoms with E-state index in [1.54, 1.807) is 0 Å². The third kappa shape index (κ3) is 2.53. The van der Waals surface area contributed by atoms with E-state index in [0.717, 1.165) is 0 Å². The topological polar surface area (TPSA) is 4.93 Å². The van der Waals surface area contributed by atoms with E-state index < -0.39 is 0 Å². The van der Waals surface area contributed by atoms with Gasteiger partial charge in [0.1, 0.15) is 0 Å². The number of hydrogen-bond donors (Lipinski definition) is 0. The Hall–Kier alpha value is -1.81. The molecule has 0 saturated heterocycles. The van der Waals surface area contributed by atoms with Crippen LogP contribution in [0.15, 0.2) is 66.7 Å². The molecule has 0 aliphatic rings. The molecule has 0 fully saturated rings. The second kappa shape index (κ2) is 5.62. The van der Waals surface area contributed by atoms with E-state index in [1.165, 1.54) is 38.5 Å². The zero-order valence-electron chi connectivity index (χ0n) is 14.2. The first kappa shape index (κ1) is 15.7. The van der Waals surface area contributed by atoms with Crippen molar-refractivity contribution in [3.05, 3.63) is 72.3 Å². The van der Waals surface area contributed by atoms with Gasteiger partial charge in [0, 0.05) is 10.8 Å². The lowest BCUT2D eigenvalue weighted by atomic mass is 9.86. The largest absolute Gasteiger partial charge is 0.282 e. The monoisotopic (exact) mass is 425 g/mol. The van der Waals surface area contributed by atoms with Gasteiger partial charge in [-0.25, -0.2) is 0 Å². The van der Waals surface area contributed by atoms with Crippen molar-refractivity contribution >= 4 is 44.7 Å². The van der Waals surface area contributed by atoms with Gasteiger partial charge in [-0.05, 0) is 40.3 Å². The zero-order valence-corrected chi connectivity index (χ0v) is 16.3. The summed E-state index contributed by atoms with van der Waals surface area (Å²) >= 11 is 2.42. The maximum absolute atomic E-state index is 2.42. The van der Waals surface area contributed by atoms with E-state index in [4.69, 9.17) is 0 Å². The van der Waals surface area contributed by atoms with Gasteiger partial charge < -0.3 is 0 Å². The molecule has 24 heavy (non-hydrogen) atoms. The summed E-state index contributed by atoms with van der Waals surface area (Å²) < 4.78 is 2.28. The summed E-state index contributed by atoms with van der Waals surface area (Å²) in [5, 5.41) is 2.64. The lowest BCUT2D eigenvalue weighted by Crippen LogP contribution is -2.10. The summed E-state index contributed by atoms with van der Waals surface area (Å²) in [5.41, 5.74) is 6.64. The molecule has 1 heterocycles. The molecule has 0 atom stereocenters. The molecule has 1 nitrogen and oxygen atoms in total.